The Balaban J connectivity index is 1.69. The zero-order chi connectivity index (χ0) is 17.3. The number of hydrogen-bond donors (Lipinski definition) is 2. The van der Waals surface area contributed by atoms with E-state index in [0.29, 0.717) is 18.5 Å². The van der Waals surface area contributed by atoms with E-state index in [1.807, 2.05) is 32.0 Å². The van der Waals surface area contributed by atoms with Crippen LogP contribution in [0.5, 0.6) is 0 Å². The molecule has 0 radical (unpaired) electrons. The number of hydrogen-bond acceptors (Lipinski definition) is 3. The third-order valence-electron chi connectivity index (χ3n) is 5.13. The second-order valence-electron chi connectivity index (χ2n) is 6.76. The lowest BCUT2D eigenvalue weighted by Crippen LogP contribution is -2.48. The summed E-state index contributed by atoms with van der Waals surface area (Å²) in [6, 6.07) is 5.19. The first-order chi connectivity index (χ1) is 11.4. The lowest BCUT2D eigenvalue weighted by atomic mass is 9.82. The SMILES string of the molecule is Cc1cccc(NC(=O)CN2C(=O)NC3(CCCCC3)C2=O)c1C. The van der Waals surface area contributed by atoms with Gasteiger partial charge in [-0.1, -0.05) is 31.4 Å². The summed E-state index contributed by atoms with van der Waals surface area (Å²) < 4.78 is 0. The van der Waals surface area contributed by atoms with Gasteiger partial charge in [0.15, 0.2) is 0 Å². The average Bonchev–Trinajstić information content (AvgIpc) is 2.77. The molecule has 6 nitrogen and oxygen atoms in total. The number of carbonyl (C=O) groups is 3. The first-order valence-electron chi connectivity index (χ1n) is 8.43. The third-order valence-corrected chi connectivity index (χ3v) is 5.13. The smallest absolute Gasteiger partial charge is 0.324 e. The van der Waals surface area contributed by atoms with E-state index in [1.165, 1.54) is 0 Å². The summed E-state index contributed by atoms with van der Waals surface area (Å²) in [5, 5.41) is 5.61. The number of carbonyl (C=O) groups excluding carboxylic acids is 3. The van der Waals surface area contributed by atoms with Gasteiger partial charge in [-0.25, -0.2) is 4.79 Å². The van der Waals surface area contributed by atoms with Crippen molar-refractivity contribution in [2.24, 2.45) is 0 Å². The monoisotopic (exact) mass is 329 g/mol. The molecule has 1 heterocycles. The van der Waals surface area contributed by atoms with Crippen LogP contribution >= 0.6 is 0 Å². The lowest BCUT2D eigenvalue weighted by Gasteiger charge is -2.30. The van der Waals surface area contributed by atoms with Gasteiger partial charge in [-0.2, -0.15) is 0 Å². The highest BCUT2D eigenvalue weighted by Crippen LogP contribution is 2.33. The van der Waals surface area contributed by atoms with E-state index in [9.17, 15) is 14.4 Å². The first kappa shape index (κ1) is 16.5. The second-order valence-corrected chi connectivity index (χ2v) is 6.76. The minimum absolute atomic E-state index is 0.250. The highest BCUT2D eigenvalue weighted by molar-refractivity contribution is 6.10. The Bertz CT molecular complexity index is 693. The molecule has 2 aliphatic rings. The van der Waals surface area contributed by atoms with Gasteiger partial charge in [0, 0.05) is 5.69 Å². The molecule has 1 aromatic carbocycles. The predicted octanol–water partition coefficient (Wildman–Crippen LogP) is 2.50. The number of anilines is 1. The van der Waals surface area contributed by atoms with Crippen LogP contribution in [0.1, 0.15) is 43.2 Å². The molecule has 1 saturated heterocycles. The maximum atomic E-state index is 12.7. The number of imide groups is 1. The Hall–Kier alpha value is -2.37. The molecule has 0 aromatic heterocycles. The van der Waals surface area contributed by atoms with Gasteiger partial charge in [-0.15, -0.1) is 0 Å². The molecule has 2 N–H and O–H groups in total. The van der Waals surface area contributed by atoms with Gasteiger partial charge in [-0.05, 0) is 43.9 Å². The van der Waals surface area contributed by atoms with E-state index in [2.05, 4.69) is 10.6 Å². The van der Waals surface area contributed by atoms with Crippen LogP contribution in [-0.4, -0.2) is 34.8 Å². The molecule has 6 heteroatoms. The van der Waals surface area contributed by atoms with E-state index in [1.54, 1.807) is 0 Å². The summed E-state index contributed by atoms with van der Waals surface area (Å²) in [4.78, 5) is 38.2. The quantitative estimate of drug-likeness (QED) is 0.836. The van der Waals surface area contributed by atoms with Crippen LogP contribution in [0.4, 0.5) is 10.5 Å². The van der Waals surface area contributed by atoms with E-state index >= 15 is 0 Å². The van der Waals surface area contributed by atoms with Gasteiger partial charge in [0.05, 0.1) is 0 Å². The molecule has 2 fully saturated rings. The van der Waals surface area contributed by atoms with Crippen LogP contribution in [0.15, 0.2) is 18.2 Å². The summed E-state index contributed by atoms with van der Waals surface area (Å²) in [6.07, 6.45) is 4.25. The lowest BCUT2D eigenvalue weighted by molar-refractivity contribution is -0.134. The van der Waals surface area contributed by atoms with Crippen molar-refractivity contribution in [1.29, 1.82) is 0 Å². The van der Waals surface area contributed by atoms with Crippen molar-refractivity contribution in [1.82, 2.24) is 10.2 Å². The normalized spacial score (nSPS) is 19.5. The van der Waals surface area contributed by atoms with Crippen LogP contribution in [0.3, 0.4) is 0 Å². The zero-order valence-corrected chi connectivity index (χ0v) is 14.1. The zero-order valence-electron chi connectivity index (χ0n) is 14.1. The number of benzene rings is 1. The van der Waals surface area contributed by atoms with E-state index in [-0.39, 0.29) is 18.4 Å². The summed E-state index contributed by atoms with van der Waals surface area (Å²) in [7, 11) is 0. The Morgan fingerprint density at radius 3 is 2.62 bits per heavy atom. The second kappa shape index (κ2) is 6.26. The van der Waals surface area contributed by atoms with Crippen molar-refractivity contribution in [3.8, 4) is 0 Å². The molecule has 24 heavy (non-hydrogen) atoms. The number of aryl methyl sites for hydroxylation is 1. The standard InChI is InChI=1S/C18H23N3O3/c1-12-7-6-8-14(13(12)2)19-15(22)11-21-16(23)18(20-17(21)24)9-4-3-5-10-18/h6-8H,3-5,9-11H2,1-2H3,(H,19,22)(H,20,24). The van der Waals surface area contributed by atoms with Gasteiger partial charge >= 0.3 is 6.03 Å². The summed E-state index contributed by atoms with van der Waals surface area (Å²) in [6.45, 7) is 3.64. The molecule has 128 valence electrons. The molecule has 0 atom stereocenters. The number of nitrogens with one attached hydrogen (secondary N) is 2. The molecule has 1 aromatic rings. The van der Waals surface area contributed by atoms with Crippen molar-refractivity contribution in [2.75, 3.05) is 11.9 Å². The molecule has 3 rings (SSSR count). The van der Waals surface area contributed by atoms with E-state index in [4.69, 9.17) is 0 Å². The highest BCUT2D eigenvalue weighted by atomic mass is 16.2. The van der Waals surface area contributed by atoms with Crippen molar-refractivity contribution in [3.05, 3.63) is 29.3 Å². The minimum Gasteiger partial charge on any atom is -0.324 e. The summed E-state index contributed by atoms with van der Waals surface area (Å²) in [5.74, 6) is -0.622. The molecule has 1 aliphatic heterocycles. The number of nitrogens with zero attached hydrogens (tertiary/aromatic N) is 1. The molecule has 4 amide bonds. The molecular weight excluding hydrogens is 306 g/mol. The van der Waals surface area contributed by atoms with E-state index in [0.717, 1.165) is 35.3 Å². The van der Waals surface area contributed by atoms with Crippen LogP contribution in [0, 0.1) is 13.8 Å². The van der Waals surface area contributed by atoms with Crippen molar-refractivity contribution in [2.45, 2.75) is 51.5 Å². The number of urea groups is 1. The van der Waals surface area contributed by atoms with Gasteiger partial charge in [0.1, 0.15) is 12.1 Å². The Kier molecular flexibility index (Phi) is 4.30. The highest BCUT2D eigenvalue weighted by Gasteiger charge is 2.51. The van der Waals surface area contributed by atoms with Gasteiger partial charge in [-0.3, -0.25) is 14.5 Å². The fourth-order valence-corrected chi connectivity index (χ4v) is 3.53. The van der Waals surface area contributed by atoms with Gasteiger partial charge in [0.2, 0.25) is 5.91 Å². The summed E-state index contributed by atoms with van der Waals surface area (Å²) >= 11 is 0. The average molecular weight is 329 g/mol. The van der Waals surface area contributed by atoms with Crippen LogP contribution in [-0.2, 0) is 9.59 Å². The molecule has 0 bridgehead atoms. The molecule has 1 spiro atoms. The molecule has 1 saturated carbocycles. The van der Waals surface area contributed by atoms with Crippen molar-refractivity contribution in [3.63, 3.8) is 0 Å². The molecule has 1 aliphatic carbocycles. The molecular formula is C18H23N3O3. The fourth-order valence-electron chi connectivity index (χ4n) is 3.53. The largest absolute Gasteiger partial charge is 0.325 e. The van der Waals surface area contributed by atoms with Crippen molar-refractivity contribution < 1.29 is 14.4 Å². The third kappa shape index (κ3) is 2.88. The van der Waals surface area contributed by atoms with Gasteiger partial charge < -0.3 is 10.6 Å². The first-order valence-corrected chi connectivity index (χ1v) is 8.43. The number of rotatable bonds is 3. The van der Waals surface area contributed by atoms with Crippen LogP contribution in [0.2, 0.25) is 0 Å². The predicted molar refractivity (Wildman–Crippen MR) is 90.6 cm³/mol. The van der Waals surface area contributed by atoms with Crippen LogP contribution in [0.25, 0.3) is 0 Å². The minimum atomic E-state index is -0.783. The maximum Gasteiger partial charge on any atom is 0.325 e. The fraction of sp³-hybridized carbons (Fsp3) is 0.500. The number of amides is 4. The van der Waals surface area contributed by atoms with Crippen LogP contribution < -0.4 is 10.6 Å². The Morgan fingerprint density at radius 2 is 1.92 bits per heavy atom. The summed E-state index contributed by atoms with van der Waals surface area (Å²) in [5.41, 5.74) is 1.98. The Morgan fingerprint density at radius 1 is 1.21 bits per heavy atom. The maximum absolute atomic E-state index is 12.7. The topological polar surface area (TPSA) is 78.5 Å². The molecule has 0 unspecified atom stereocenters. The van der Waals surface area contributed by atoms with Crippen molar-refractivity contribution >= 4 is 23.5 Å². The van der Waals surface area contributed by atoms with E-state index < -0.39 is 11.6 Å². The Labute approximate surface area is 141 Å². The van der Waals surface area contributed by atoms with Gasteiger partial charge in [0.25, 0.3) is 5.91 Å².